The summed E-state index contributed by atoms with van der Waals surface area (Å²) in [5, 5.41) is 3.87. The summed E-state index contributed by atoms with van der Waals surface area (Å²) in [5.41, 5.74) is 0.756. The molecular formula is C14H12Cl2FNO. The Morgan fingerprint density at radius 2 is 1.79 bits per heavy atom. The van der Waals surface area contributed by atoms with Crippen LogP contribution in [0.3, 0.4) is 0 Å². The van der Waals surface area contributed by atoms with Crippen LogP contribution in [0.5, 0.6) is 5.75 Å². The second-order valence-electron chi connectivity index (χ2n) is 3.86. The molecule has 0 saturated carbocycles. The Kier molecular flexibility index (Phi) is 4.88. The molecule has 0 heterocycles. The van der Waals surface area contributed by atoms with E-state index < -0.39 is 5.82 Å². The minimum absolute atomic E-state index is 0.101. The van der Waals surface area contributed by atoms with Crippen molar-refractivity contribution in [1.82, 2.24) is 0 Å². The fraction of sp³-hybridized carbons (Fsp3) is 0.143. The van der Waals surface area contributed by atoms with Gasteiger partial charge in [0.25, 0.3) is 0 Å². The van der Waals surface area contributed by atoms with Gasteiger partial charge in [-0.2, -0.15) is 0 Å². The van der Waals surface area contributed by atoms with E-state index in [1.807, 2.05) is 0 Å². The number of hydrogen-bond donors (Lipinski definition) is 1. The molecule has 0 atom stereocenters. The average Bonchev–Trinajstić information content (AvgIpc) is 2.41. The lowest BCUT2D eigenvalue weighted by Gasteiger charge is -2.09. The van der Waals surface area contributed by atoms with E-state index >= 15 is 0 Å². The van der Waals surface area contributed by atoms with Crippen LogP contribution in [0.15, 0.2) is 42.5 Å². The normalized spacial score (nSPS) is 10.3. The minimum Gasteiger partial charge on any atom is -0.492 e. The molecule has 0 fully saturated rings. The number of hydrogen-bond acceptors (Lipinski definition) is 2. The van der Waals surface area contributed by atoms with Crippen LogP contribution in [-0.4, -0.2) is 13.2 Å². The fourth-order valence-corrected chi connectivity index (χ4v) is 1.81. The highest BCUT2D eigenvalue weighted by atomic mass is 35.5. The van der Waals surface area contributed by atoms with Crippen molar-refractivity contribution < 1.29 is 9.13 Å². The van der Waals surface area contributed by atoms with Gasteiger partial charge in [0.2, 0.25) is 0 Å². The lowest BCUT2D eigenvalue weighted by Crippen LogP contribution is -2.11. The van der Waals surface area contributed by atoms with Gasteiger partial charge >= 0.3 is 0 Å². The maximum Gasteiger partial charge on any atom is 0.141 e. The topological polar surface area (TPSA) is 21.3 Å². The largest absolute Gasteiger partial charge is 0.492 e. The van der Waals surface area contributed by atoms with Crippen LogP contribution in [0.1, 0.15) is 0 Å². The average molecular weight is 300 g/mol. The van der Waals surface area contributed by atoms with Crippen molar-refractivity contribution in [2.24, 2.45) is 0 Å². The summed E-state index contributed by atoms with van der Waals surface area (Å²) in [6, 6.07) is 11.6. The number of benzene rings is 2. The molecule has 2 aromatic rings. The molecule has 0 aliphatic rings. The number of anilines is 1. The number of halogens is 3. The summed E-state index contributed by atoms with van der Waals surface area (Å²) in [6.45, 7) is 1.07. The monoisotopic (exact) mass is 299 g/mol. The first-order valence-corrected chi connectivity index (χ1v) is 6.48. The molecule has 0 saturated heterocycles. The van der Waals surface area contributed by atoms with Crippen molar-refractivity contribution >= 4 is 28.9 Å². The molecule has 0 amide bonds. The molecule has 2 rings (SSSR count). The van der Waals surface area contributed by atoms with Gasteiger partial charge in [-0.15, -0.1) is 0 Å². The summed E-state index contributed by atoms with van der Waals surface area (Å²) in [6.07, 6.45) is 0. The molecule has 19 heavy (non-hydrogen) atoms. The number of nitrogens with one attached hydrogen (secondary N) is 1. The summed E-state index contributed by atoms with van der Waals surface area (Å²) >= 11 is 11.4. The molecule has 0 aliphatic heterocycles. The summed E-state index contributed by atoms with van der Waals surface area (Å²) < 4.78 is 18.5. The second-order valence-corrected chi connectivity index (χ2v) is 4.70. The highest BCUT2D eigenvalue weighted by molar-refractivity contribution is 6.31. The van der Waals surface area contributed by atoms with Crippen molar-refractivity contribution in [1.29, 1.82) is 0 Å². The molecule has 0 aliphatic carbocycles. The van der Waals surface area contributed by atoms with Crippen LogP contribution in [-0.2, 0) is 0 Å². The van der Waals surface area contributed by atoms with Gasteiger partial charge in [-0.1, -0.05) is 23.2 Å². The molecule has 100 valence electrons. The third kappa shape index (κ3) is 4.30. The van der Waals surface area contributed by atoms with Crippen molar-refractivity contribution in [3.63, 3.8) is 0 Å². The number of ether oxygens (including phenoxy) is 1. The summed E-state index contributed by atoms with van der Waals surface area (Å²) in [5.74, 6) is 0.327. The van der Waals surface area contributed by atoms with Gasteiger partial charge in [0.15, 0.2) is 0 Å². The van der Waals surface area contributed by atoms with Gasteiger partial charge in [0.05, 0.1) is 5.02 Å². The molecule has 0 radical (unpaired) electrons. The van der Waals surface area contributed by atoms with Crippen LogP contribution >= 0.6 is 23.2 Å². The second kappa shape index (κ2) is 6.64. The zero-order valence-corrected chi connectivity index (χ0v) is 11.5. The van der Waals surface area contributed by atoms with E-state index in [1.54, 1.807) is 36.4 Å². The first-order chi connectivity index (χ1) is 9.15. The lowest BCUT2D eigenvalue weighted by atomic mass is 10.3. The zero-order chi connectivity index (χ0) is 13.7. The maximum absolute atomic E-state index is 12.9. The molecule has 5 heteroatoms. The van der Waals surface area contributed by atoms with Gasteiger partial charge in [-0.05, 0) is 42.5 Å². The standard InChI is InChI=1S/C14H12Cl2FNO/c15-10-1-4-12(5-2-10)19-8-7-18-11-3-6-14(17)13(16)9-11/h1-6,9,18H,7-8H2. The Morgan fingerprint density at radius 3 is 2.47 bits per heavy atom. The van der Waals surface area contributed by atoms with E-state index in [4.69, 9.17) is 27.9 Å². The summed E-state index contributed by atoms with van der Waals surface area (Å²) in [7, 11) is 0. The first-order valence-electron chi connectivity index (χ1n) is 5.72. The van der Waals surface area contributed by atoms with Crippen LogP contribution in [0.25, 0.3) is 0 Å². The Hall–Kier alpha value is -1.45. The minimum atomic E-state index is -0.426. The SMILES string of the molecule is Fc1ccc(NCCOc2ccc(Cl)cc2)cc1Cl. The molecular weight excluding hydrogens is 288 g/mol. The van der Waals surface area contributed by atoms with Crippen LogP contribution in [0, 0.1) is 5.82 Å². The van der Waals surface area contributed by atoms with Crippen molar-refractivity contribution in [3.05, 3.63) is 58.3 Å². The Labute approximate surface area is 121 Å². The van der Waals surface area contributed by atoms with Crippen LogP contribution in [0.2, 0.25) is 10.0 Å². The fourth-order valence-electron chi connectivity index (χ4n) is 1.50. The quantitative estimate of drug-likeness (QED) is 0.813. The van der Waals surface area contributed by atoms with Gasteiger partial charge in [0.1, 0.15) is 18.2 Å². The lowest BCUT2D eigenvalue weighted by molar-refractivity contribution is 0.333. The molecule has 0 unspecified atom stereocenters. The molecule has 2 aromatic carbocycles. The van der Waals surface area contributed by atoms with E-state index in [0.717, 1.165) is 11.4 Å². The Balaban J connectivity index is 1.77. The zero-order valence-electron chi connectivity index (χ0n) is 10.00. The number of rotatable bonds is 5. The van der Waals surface area contributed by atoms with Crippen molar-refractivity contribution in [3.8, 4) is 5.75 Å². The molecule has 0 bridgehead atoms. The third-order valence-electron chi connectivity index (χ3n) is 2.43. The smallest absolute Gasteiger partial charge is 0.141 e. The van der Waals surface area contributed by atoms with Gasteiger partial charge < -0.3 is 10.1 Å². The molecule has 1 N–H and O–H groups in total. The van der Waals surface area contributed by atoms with Gasteiger partial charge in [-0.3, -0.25) is 0 Å². The van der Waals surface area contributed by atoms with Crippen LogP contribution < -0.4 is 10.1 Å². The molecule has 0 spiro atoms. The predicted octanol–water partition coefficient (Wildman–Crippen LogP) is 4.62. The van der Waals surface area contributed by atoms with E-state index in [9.17, 15) is 4.39 Å². The third-order valence-corrected chi connectivity index (χ3v) is 2.97. The molecule has 2 nitrogen and oxygen atoms in total. The van der Waals surface area contributed by atoms with Crippen molar-refractivity contribution in [2.45, 2.75) is 0 Å². The Morgan fingerprint density at radius 1 is 1.05 bits per heavy atom. The van der Waals surface area contributed by atoms with Crippen LogP contribution in [0.4, 0.5) is 10.1 Å². The van der Waals surface area contributed by atoms with E-state index in [0.29, 0.717) is 18.2 Å². The Bertz CT molecular complexity index is 546. The van der Waals surface area contributed by atoms with E-state index in [-0.39, 0.29) is 5.02 Å². The van der Waals surface area contributed by atoms with E-state index in [2.05, 4.69) is 5.32 Å². The van der Waals surface area contributed by atoms with E-state index in [1.165, 1.54) is 6.07 Å². The van der Waals surface area contributed by atoms with Gasteiger partial charge in [-0.25, -0.2) is 4.39 Å². The maximum atomic E-state index is 12.9. The first kappa shape index (κ1) is 14.0. The van der Waals surface area contributed by atoms with Gasteiger partial charge in [0, 0.05) is 17.3 Å². The molecule has 0 aromatic heterocycles. The van der Waals surface area contributed by atoms with Crippen molar-refractivity contribution in [2.75, 3.05) is 18.5 Å². The highest BCUT2D eigenvalue weighted by Gasteiger charge is 2.00. The predicted molar refractivity (Wildman–Crippen MR) is 76.8 cm³/mol. The highest BCUT2D eigenvalue weighted by Crippen LogP contribution is 2.19. The summed E-state index contributed by atoms with van der Waals surface area (Å²) in [4.78, 5) is 0.